The average molecular weight is 257 g/mol. The molecule has 18 heavy (non-hydrogen) atoms. The van der Waals surface area contributed by atoms with E-state index in [-0.39, 0.29) is 0 Å². The van der Waals surface area contributed by atoms with Gasteiger partial charge in [-0.3, -0.25) is 4.98 Å². The van der Waals surface area contributed by atoms with Crippen LogP contribution >= 0.6 is 11.3 Å². The number of thiazole rings is 1. The van der Waals surface area contributed by atoms with Crippen LogP contribution < -0.4 is 5.32 Å². The molecule has 0 spiro atoms. The number of aromatic nitrogens is 2. The Kier molecular flexibility index (Phi) is 3.48. The van der Waals surface area contributed by atoms with Crippen molar-refractivity contribution in [2.24, 2.45) is 0 Å². The fourth-order valence-corrected chi connectivity index (χ4v) is 2.82. The predicted octanol–water partition coefficient (Wildman–Crippen LogP) is 3.01. The molecule has 4 heteroatoms. The zero-order valence-corrected chi connectivity index (χ0v) is 10.9. The van der Waals surface area contributed by atoms with E-state index in [0.717, 1.165) is 35.8 Å². The van der Waals surface area contributed by atoms with Crippen LogP contribution in [-0.2, 0) is 6.54 Å². The van der Waals surface area contributed by atoms with E-state index in [9.17, 15) is 0 Å². The van der Waals surface area contributed by atoms with Crippen molar-refractivity contribution in [3.8, 4) is 10.7 Å². The second-order valence-electron chi connectivity index (χ2n) is 4.38. The topological polar surface area (TPSA) is 37.8 Å². The largest absolute Gasteiger partial charge is 0.308 e. The normalized spacial score (nSPS) is 15.3. The summed E-state index contributed by atoms with van der Waals surface area (Å²) >= 11 is 1.66. The van der Waals surface area contributed by atoms with Crippen molar-refractivity contribution in [2.75, 3.05) is 0 Å². The Morgan fingerprint density at radius 1 is 1.28 bits per heavy atom. The van der Waals surface area contributed by atoms with Gasteiger partial charge in [0.2, 0.25) is 0 Å². The molecule has 1 N–H and O–H groups in total. The van der Waals surface area contributed by atoms with Gasteiger partial charge in [0, 0.05) is 24.2 Å². The van der Waals surface area contributed by atoms with Gasteiger partial charge in [0.1, 0.15) is 5.01 Å². The summed E-state index contributed by atoms with van der Waals surface area (Å²) in [6.45, 7) is 0.843. The minimum absolute atomic E-state index is 0.588. The molecular formula is C14H15N3S. The van der Waals surface area contributed by atoms with Crippen molar-refractivity contribution >= 4 is 11.3 Å². The van der Waals surface area contributed by atoms with Gasteiger partial charge in [0.05, 0.1) is 11.4 Å². The minimum Gasteiger partial charge on any atom is -0.308 e. The van der Waals surface area contributed by atoms with Gasteiger partial charge in [-0.25, -0.2) is 4.98 Å². The van der Waals surface area contributed by atoms with Crippen LogP contribution in [0.4, 0.5) is 0 Å². The van der Waals surface area contributed by atoms with Crippen molar-refractivity contribution in [2.45, 2.75) is 25.4 Å². The lowest BCUT2D eigenvalue weighted by atomic mass is 10.2. The Labute approximate surface area is 111 Å². The number of nitrogens with zero attached hydrogens (tertiary/aromatic N) is 2. The number of pyridine rings is 1. The summed E-state index contributed by atoms with van der Waals surface area (Å²) < 4.78 is 0. The fourth-order valence-electron chi connectivity index (χ4n) is 2.03. The second kappa shape index (κ2) is 5.42. The third-order valence-corrected chi connectivity index (χ3v) is 3.93. The van der Waals surface area contributed by atoms with Gasteiger partial charge in [-0.15, -0.1) is 11.3 Å². The van der Waals surface area contributed by atoms with Crippen LogP contribution in [0.3, 0.4) is 0 Å². The summed E-state index contributed by atoms with van der Waals surface area (Å²) in [6.07, 6.45) is 8.55. The number of nitrogens with one attached hydrogen (secondary N) is 1. The van der Waals surface area contributed by atoms with E-state index < -0.39 is 0 Å². The van der Waals surface area contributed by atoms with Gasteiger partial charge in [-0.05, 0) is 25.0 Å². The van der Waals surface area contributed by atoms with Crippen LogP contribution in [0.15, 0.2) is 41.9 Å². The van der Waals surface area contributed by atoms with E-state index in [1.165, 1.54) is 0 Å². The van der Waals surface area contributed by atoms with Crippen LogP contribution in [0, 0.1) is 0 Å². The molecule has 0 amide bonds. The van der Waals surface area contributed by atoms with Crippen LogP contribution in [0.25, 0.3) is 10.7 Å². The predicted molar refractivity (Wildman–Crippen MR) is 74.3 cm³/mol. The van der Waals surface area contributed by atoms with Crippen molar-refractivity contribution in [3.63, 3.8) is 0 Å². The highest BCUT2D eigenvalue weighted by molar-refractivity contribution is 7.13. The summed E-state index contributed by atoms with van der Waals surface area (Å²) in [5, 5.41) is 6.63. The van der Waals surface area contributed by atoms with E-state index in [1.54, 1.807) is 17.5 Å². The molecule has 3 rings (SSSR count). The monoisotopic (exact) mass is 257 g/mol. The van der Waals surface area contributed by atoms with Crippen molar-refractivity contribution < 1.29 is 0 Å². The second-order valence-corrected chi connectivity index (χ2v) is 5.24. The first-order valence-corrected chi connectivity index (χ1v) is 7.04. The summed E-state index contributed by atoms with van der Waals surface area (Å²) in [6, 6.07) is 6.50. The quantitative estimate of drug-likeness (QED) is 0.856. The molecule has 0 bridgehead atoms. The van der Waals surface area contributed by atoms with Crippen molar-refractivity contribution in [1.82, 2.24) is 15.3 Å². The molecule has 0 atom stereocenters. The number of hydrogen-bond donors (Lipinski definition) is 1. The van der Waals surface area contributed by atoms with Gasteiger partial charge in [-0.1, -0.05) is 18.2 Å². The Hall–Kier alpha value is -1.52. The molecular weight excluding hydrogens is 242 g/mol. The molecule has 0 aromatic carbocycles. The maximum absolute atomic E-state index is 4.61. The van der Waals surface area contributed by atoms with Crippen LogP contribution in [0.5, 0.6) is 0 Å². The van der Waals surface area contributed by atoms with Gasteiger partial charge in [0.25, 0.3) is 0 Å². The molecule has 1 aliphatic carbocycles. The van der Waals surface area contributed by atoms with Crippen LogP contribution in [0.2, 0.25) is 0 Å². The average Bonchev–Trinajstić information content (AvgIpc) is 3.09. The first-order valence-electron chi connectivity index (χ1n) is 6.16. The summed E-state index contributed by atoms with van der Waals surface area (Å²) in [5.74, 6) is 0. The third kappa shape index (κ3) is 2.66. The molecule has 0 saturated carbocycles. The summed E-state index contributed by atoms with van der Waals surface area (Å²) in [4.78, 5) is 8.93. The molecule has 0 saturated heterocycles. The molecule has 2 aromatic heterocycles. The SMILES string of the molecule is C1=CCC(NCc2csc(-c3ccccn3)n2)C1. The van der Waals surface area contributed by atoms with Crippen LogP contribution in [-0.4, -0.2) is 16.0 Å². The molecule has 0 fully saturated rings. The zero-order chi connectivity index (χ0) is 12.2. The van der Waals surface area contributed by atoms with E-state index in [1.807, 2.05) is 18.2 Å². The zero-order valence-electron chi connectivity index (χ0n) is 10.0. The van der Waals surface area contributed by atoms with E-state index in [4.69, 9.17) is 0 Å². The molecule has 3 nitrogen and oxygen atoms in total. The smallest absolute Gasteiger partial charge is 0.142 e. The summed E-state index contributed by atoms with van der Waals surface area (Å²) in [7, 11) is 0. The first kappa shape index (κ1) is 11.6. The highest BCUT2D eigenvalue weighted by Gasteiger charge is 2.10. The van der Waals surface area contributed by atoms with Gasteiger partial charge in [-0.2, -0.15) is 0 Å². The number of rotatable bonds is 4. The lowest BCUT2D eigenvalue weighted by molar-refractivity contribution is 0.534. The molecule has 2 heterocycles. The van der Waals surface area contributed by atoms with E-state index in [0.29, 0.717) is 6.04 Å². The van der Waals surface area contributed by atoms with Gasteiger partial charge >= 0.3 is 0 Å². The van der Waals surface area contributed by atoms with Crippen molar-refractivity contribution in [3.05, 3.63) is 47.6 Å². The first-order chi connectivity index (χ1) is 8.92. The maximum Gasteiger partial charge on any atom is 0.142 e. The Morgan fingerprint density at radius 2 is 2.17 bits per heavy atom. The molecule has 92 valence electrons. The Bertz CT molecular complexity index is 525. The summed E-state index contributed by atoms with van der Waals surface area (Å²) in [5.41, 5.74) is 2.06. The highest BCUT2D eigenvalue weighted by Crippen LogP contribution is 2.21. The Morgan fingerprint density at radius 3 is 2.94 bits per heavy atom. The minimum atomic E-state index is 0.588. The maximum atomic E-state index is 4.61. The molecule has 0 radical (unpaired) electrons. The molecule has 0 unspecified atom stereocenters. The number of hydrogen-bond acceptors (Lipinski definition) is 4. The third-order valence-electron chi connectivity index (χ3n) is 3.02. The molecule has 2 aromatic rings. The highest BCUT2D eigenvalue weighted by atomic mass is 32.1. The van der Waals surface area contributed by atoms with Crippen LogP contribution in [0.1, 0.15) is 18.5 Å². The lowest BCUT2D eigenvalue weighted by Gasteiger charge is -2.09. The molecule has 1 aliphatic rings. The standard InChI is InChI=1S/C14H15N3S/c1-2-6-11(5-1)16-9-12-10-18-14(17-12)13-7-3-4-8-15-13/h1-4,7-8,10-11,16H,5-6,9H2. The van der Waals surface area contributed by atoms with Crippen molar-refractivity contribution in [1.29, 1.82) is 0 Å². The lowest BCUT2D eigenvalue weighted by Crippen LogP contribution is -2.25. The molecule has 0 aliphatic heterocycles. The van der Waals surface area contributed by atoms with Gasteiger partial charge < -0.3 is 5.32 Å². The Balaban J connectivity index is 1.63. The van der Waals surface area contributed by atoms with E-state index >= 15 is 0 Å². The van der Waals surface area contributed by atoms with E-state index in [2.05, 4.69) is 32.8 Å². The fraction of sp³-hybridized carbons (Fsp3) is 0.286. The van der Waals surface area contributed by atoms with Gasteiger partial charge in [0.15, 0.2) is 0 Å².